The van der Waals surface area contributed by atoms with Crippen molar-refractivity contribution in [2.75, 3.05) is 38.2 Å². The smallest absolute Gasteiger partial charge is 0.170 e. The Bertz CT molecular complexity index is 642. The van der Waals surface area contributed by atoms with Crippen molar-refractivity contribution >= 4 is 46.0 Å². The molecule has 24 heavy (non-hydrogen) atoms. The van der Waals surface area contributed by atoms with Gasteiger partial charge in [-0.25, -0.2) is 0 Å². The van der Waals surface area contributed by atoms with E-state index >= 15 is 0 Å². The normalized spacial score (nSPS) is 16.5. The van der Waals surface area contributed by atoms with Crippen LogP contribution in [-0.2, 0) is 4.74 Å². The van der Waals surface area contributed by atoms with Crippen LogP contribution >= 0.6 is 35.2 Å². The number of ether oxygens (including phenoxy) is 1. The molecule has 0 unspecified atom stereocenters. The lowest BCUT2D eigenvalue weighted by atomic mass is 10.2. The van der Waals surface area contributed by atoms with Gasteiger partial charge in [0.1, 0.15) is 0 Å². The number of halogens is 1. The molecule has 3 rings (SSSR count). The summed E-state index contributed by atoms with van der Waals surface area (Å²) < 4.78 is 5.47. The van der Waals surface area contributed by atoms with Crippen molar-refractivity contribution in [1.82, 2.24) is 10.2 Å². The van der Waals surface area contributed by atoms with Crippen molar-refractivity contribution in [3.63, 3.8) is 0 Å². The molecule has 128 valence electrons. The molecule has 1 saturated heterocycles. The second kappa shape index (κ2) is 8.78. The Morgan fingerprint density at radius 1 is 1.25 bits per heavy atom. The topological polar surface area (TPSA) is 36.5 Å². The van der Waals surface area contributed by atoms with Crippen molar-refractivity contribution in [2.45, 2.75) is 6.04 Å². The van der Waals surface area contributed by atoms with E-state index in [9.17, 15) is 0 Å². The largest absolute Gasteiger partial charge is 0.379 e. The van der Waals surface area contributed by atoms with Gasteiger partial charge in [-0.3, -0.25) is 4.90 Å². The number of thiocarbonyl (C=S) groups is 1. The Kier molecular flexibility index (Phi) is 6.45. The van der Waals surface area contributed by atoms with Gasteiger partial charge in [0.2, 0.25) is 0 Å². The minimum absolute atomic E-state index is 0.305. The summed E-state index contributed by atoms with van der Waals surface area (Å²) in [7, 11) is 0. The van der Waals surface area contributed by atoms with Crippen LogP contribution in [0.15, 0.2) is 41.8 Å². The maximum absolute atomic E-state index is 5.90. The number of thiophene rings is 1. The average Bonchev–Trinajstić information content (AvgIpc) is 3.12. The molecule has 0 bridgehead atoms. The van der Waals surface area contributed by atoms with Crippen LogP contribution in [0.25, 0.3) is 0 Å². The quantitative estimate of drug-likeness (QED) is 0.771. The van der Waals surface area contributed by atoms with E-state index in [0.29, 0.717) is 16.2 Å². The van der Waals surface area contributed by atoms with Crippen molar-refractivity contribution in [3.05, 3.63) is 51.7 Å². The molecule has 2 N–H and O–H groups in total. The van der Waals surface area contributed by atoms with E-state index in [1.54, 1.807) is 11.3 Å². The SMILES string of the molecule is S=C(NC[C@@H](c1cccs1)N1CCOCC1)Nc1ccc(Cl)cc1. The van der Waals surface area contributed by atoms with E-state index in [1.165, 1.54) is 4.88 Å². The lowest BCUT2D eigenvalue weighted by Crippen LogP contribution is -2.44. The molecule has 7 heteroatoms. The van der Waals surface area contributed by atoms with Gasteiger partial charge in [0, 0.05) is 35.2 Å². The zero-order valence-electron chi connectivity index (χ0n) is 13.2. The van der Waals surface area contributed by atoms with Gasteiger partial charge in [-0.05, 0) is 47.9 Å². The maximum atomic E-state index is 5.90. The van der Waals surface area contributed by atoms with Gasteiger partial charge in [0.25, 0.3) is 0 Å². The molecule has 1 aromatic carbocycles. The monoisotopic (exact) mass is 381 g/mol. The fourth-order valence-corrected chi connectivity index (χ4v) is 3.87. The highest BCUT2D eigenvalue weighted by molar-refractivity contribution is 7.80. The van der Waals surface area contributed by atoms with Crippen LogP contribution in [0, 0.1) is 0 Å². The van der Waals surface area contributed by atoms with Crippen LogP contribution in [0.4, 0.5) is 5.69 Å². The second-order valence-corrected chi connectivity index (χ2v) is 7.35. The molecule has 1 aliphatic heterocycles. The molecule has 4 nitrogen and oxygen atoms in total. The van der Waals surface area contributed by atoms with Gasteiger partial charge in [-0.15, -0.1) is 11.3 Å². The molecule has 0 saturated carbocycles. The van der Waals surface area contributed by atoms with Crippen molar-refractivity contribution < 1.29 is 4.74 Å². The molecule has 0 radical (unpaired) electrons. The average molecular weight is 382 g/mol. The molecular formula is C17H20ClN3OS2. The Labute approximate surface area is 156 Å². The predicted octanol–water partition coefficient (Wildman–Crippen LogP) is 3.76. The first-order chi connectivity index (χ1) is 11.7. The fraction of sp³-hybridized carbons (Fsp3) is 0.353. The van der Waals surface area contributed by atoms with E-state index < -0.39 is 0 Å². The van der Waals surface area contributed by atoms with E-state index in [4.69, 9.17) is 28.6 Å². The van der Waals surface area contributed by atoms with Gasteiger partial charge in [0.05, 0.1) is 19.3 Å². The van der Waals surface area contributed by atoms with Gasteiger partial charge in [-0.1, -0.05) is 17.7 Å². The molecule has 1 atom stereocenters. The number of rotatable bonds is 5. The first-order valence-corrected chi connectivity index (χ1v) is 9.54. The highest BCUT2D eigenvalue weighted by atomic mass is 35.5. The van der Waals surface area contributed by atoms with Gasteiger partial charge >= 0.3 is 0 Å². The molecule has 1 fully saturated rings. The zero-order valence-corrected chi connectivity index (χ0v) is 15.6. The number of morpholine rings is 1. The summed E-state index contributed by atoms with van der Waals surface area (Å²) in [6.07, 6.45) is 0. The highest BCUT2D eigenvalue weighted by Gasteiger charge is 2.23. The van der Waals surface area contributed by atoms with Crippen LogP contribution in [0.2, 0.25) is 5.02 Å². The number of nitrogens with zero attached hydrogens (tertiary/aromatic N) is 1. The lowest BCUT2D eigenvalue weighted by Gasteiger charge is -2.34. The maximum Gasteiger partial charge on any atom is 0.170 e. The van der Waals surface area contributed by atoms with Crippen LogP contribution < -0.4 is 10.6 Å². The Hall–Kier alpha value is -1.18. The Morgan fingerprint density at radius 3 is 2.67 bits per heavy atom. The minimum Gasteiger partial charge on any atom is -0.379 e. The molecule has 2 heterocycles. The molecule has 0 spiro atoms. The predicted molar refractivity (Wildman–Crippen MR) is 105 cm³/mol. The summed E-state index contributed by atoms with van der Waals surface area (Å²) >= 11 is 13.1. The third kappa shape index (κ3) is 4.91. The number of nitrogens with one attached hydrogen (secondary N) is 2. The van der Waals surface area contributed by atoms with Crippen LogP contribution in [0.3, 0.4) is 0 Å². The molecule has 0 aliphatic carbocycles. The van der Waals surface area contributed by atoms with Gasteiger partial charge < -0.3 is 15.4 Å². The summed E-state index contributed by atoms with van der Waals surface area (Å²) in [5, 5.41) is 9.99. The van der Waals surface area contributed by atoms with E-state index in [1.807, 2.05) is 24.3 Å². The third-order valence-electron chi connectivity index (χ3n) is 3.92. The van der Waals surface area contributed by atoms with Crippen molar-refractivity contribution in [2.24, 2.45) is 0 Å². The van der Waals surface area contributed by atoms with Gasteiger partial charge in [-0.2, -0.15) is 0 Å². The molecule has 0 amide bonds. The summed E-state index contributed by atoms with van der Waals surface area (Å²) in [6.45, 7) is 4.23. The molecule has 1 aromatic heterocycles. The van der Waals surface area contributed by atoms with E-state index in [-0.39, 0.29) is 0 Å². The van der Waals surface area contributed by atoms with Crippen LogP contribution in [0.5, 0.6) is 0 Å². The highest BCUT2D eigenvalue weighted by Crippen LogP contribution is 2.25. The number of benzene rings is 1. The van der Waals surface area contributed by atoms with Crippen LogP contribution in [-0.4, -0.2) is 42.9 Å². The summed E-state index contributed by atoms with van der Waals surface area (Å²) in [4.78, 5) is 3.80. The lowest BCUT2D eigenvalue weighted by molar-refractivity contribution is 0.0177. The Morgan fingerprint density at radius 2 is 2.00 bits per heavy atom. The zero-order chi connectivity index (χ0) is 16.8. The third-order valence-corrected chi connectivity index (χ3v) is 5.39. The van der Waals surface area contributed by atoms with E-state index in [2.05, 4.69) is 33.0 Å². The summed E-state index contributed by atoms with van der Waals surface area (Å²) in [5.74, 6) is 0. The first-order valence-electron chi connectivity index (χ1n) is 7.88. The molecule has 1 aliphatic rings. The van der Waals surface area contributed by atoms with E-state index in [0.717, 1.165) is 38.5 Å². The summed E-state index contributed by atoms with van der Waals surface area (Å²) in [6, 6.07) is 12.1. The number of anilines is 1. The molecular weight excluding hydrogens is 362 g/mol. The van der Waals surface area contributed by atoms with Gasteiger partial charge in [0.15, 0.2) is 5.11 Å². The Balaban J connectivity index is 1.58. The first kappa shape index (κ1) is 17.6. The van der Waals surface area contributed by atoms with Crippen LogP contribution in [0.1, 0.15) is 10.9 Å². The standard InChI is InChI=1S/C17H20ClN3OS2/c18-13-3-5-14(6-4-13)20-17(23)19-12-15(16-2-1-11-24-16)21-7-9-22-10-8-21/h1-6,11,15H,7-10,12H2,(H2,19,20,23)/t15-/m0/s1. The number of hydrogen-bond donors (Lipinski definition) is 2. The minimum atomic E-state index is 0.305. The summed E-state index contributed by atoms with van der Waals surface area (Å²) in [5.41, 5.74) is 0.927. The molecule has 2 aromatic rings. The van der Waals surface area contributed by atoms with Crippen molar-refractivity contribution in [1.29, 1.82) is 0 Å². The van der Waals surface area contributed by atoms with Crippen molar-refractivity contribution in [3.8, 4) is 0 Å². The second-order valence-electron chi connectivity index (χ2n) is 5.52. The fourth-order valence-electron chi connectivity index (χ4n) is 2.68. The number of hydrogen-bond acceptors (Lipinski definition) is 4.